The van der Waals surface area contributed by atoms with Crippen LogP contribution in [0.25, 0.3) is 0 Å². The first-order valence-corrected chi connectivity index (χ1v) is 8.46. The van der Waals surface area contributed by atoms with Crippen LogP contribution < -0.4 is 5.32 Å². The van der Waals surface area contributed by atoms with Gasteiger partial charge in [0.2, 0.25) is 5.91 Å². The highest BCUT2D eigenvalue weighted by atomic mass is 16.5. The Hall–Kier alpha value is -1.33. The van der Waals surface area contributed by atoms with Crippen molar-refractivity contribution in [2.24, 2.45) is 11.8 Å². The van der Waals surface area contributed by atoms with Crippen LogP contribution in [-0.4, -0.2) is 42.6 Å². The van der Waals surface area contributed by atoms with E-state index in [4.69, 9.17) is 9.15 Å². The molecule has 120 valence electrons. The second kappa shape index (κ2) is 6.05. The molecule has 1 amide bonds. The summed E-state index contributed by atoms with van der Waals surface area (Å²) in [7, 11) is 0. The summed E-state index contributed by atoms with van der Waals surface area (Å²) in [6, 6.07) is 3.70. The first-order valence-electron chi connectivity index (χ1n) is 8.46. The van der Waals surface area contributed by atoms with Crippen LogP contribution in [0.5, 0.6) is 0 Å². The molecule has 22 heavy (non-hydrogen) atoms. The van der Waals surface area contributed by atoms with Gasteiger partial charge in [-0.3, -0.25) is 4.79 Å². The Bertz CT molecular complexity index is 512. The average Bonchev–Trinajstić information content (AvgIpc) is 3.04. The van der Waals surface area contributed by atoms with Gasteiger partial charge in [-0.2, -0.15) is 0 Å². The highest BCUT2D eigenvalue weighted by Gasteiger charge is 2.42. The first kappa shape index (κ1) is 14.3. The van der Waals surface area contributed by atoms with E-state index in [1.165, 1.54) is 32.4 Å². The number of carbonyl (C=O) groups is 1. The Morgan fingerprint density at radius 2 is 2.27 bits per heavy atom. The van der Waals surface area contributed by atoms with Crippen molar-refractivity contribution >= 4 is 5.91 Å². The molecule has 3 atom stereocenters. The maximum Gasteiger partial charge on any atom is 0.249 e. The predicted molar refractivity (Wildman–Crippen MR) is 81.1 cm³/mol. The molecule has 0 aromatic carbocycles. The van der Waals surface area contributed by atoms with Gasteiger partial charge in [0.1, 0.15) is 11.9 Å². The van der Waals surface area contributed by atoms with Crippen molar-refractivity contribution in [2.75, 3.05) is 19.6 Å². The summed E-state index contributed by atoms with van der Waals surface area (Å²) >= 11 is 0. The van der Waals surface area contributed by atoms with Crippen LogP contribution >= 0.6 is 0 Å². The topological polar surface area (TPSA) is 54.7 Å². The summed E-state index contributed by atoms with van der Waals surface area (Å²) in [5.74, 6) is 2.25. The number of likely N-dealkylation sites (tertiary alicyclic amines) is 1. The van der Waals surface area contributed by atoms with Crippen LogP contribution in [0.2, 0.25) is 0 Å². The largest absolute Gasteiger partial charge is 0.467 e. The van der Waals surface area contributed by atoms with E-state index in [2.05, 4.69) is 10.2 Å². The Kier molecular flexibility index (Phi) is 3.92. The van der Waals surface area contributed by atoms with Crippen LogP contribution in [0.4, 0.5) is 0 Å². The van der Waals surface area contributed by atoms with Gasteiger partial charge in [-0.1, -0.05) is 0 Å². The summed E-state index contributed by atoms with van der Waals surface area (Å²) < 4.78 is 11.3. The van der Waals surface area contributed by atoms with Crippen molar-refractivity contribution in [2.45, 2.75) is 44.4 Å². The van der Waals surface area contributed by atoms with Gasteiger partial charge in [0, 0.05) is 13.1 Å². The number of hydrogen-bond acceptors (Lipinski definition) is 4. The van der Waals surface area contributed by atoms with Crippen molar-refractivity contribution in [1.82, 2.24) is 10.2 Å². The van der Waals surface area contributed by atoms with E-state index in [1.54, 1.807) is 6.26 Å². The zero-order valence-electron chi connectivity index (χ0n) is 12.9. The van der Waals surface area contributed by atoms with Crippen LogP contribution in [-0.2, 0) is 16.1 Å². The molecule has 3 heterocycles. The second-order valence-electron chi connectivity index (χ2n) is 6.95. The number of furan rings is 1. The standard InChI is InChI=1S/C17H24N2O3/c20-17(18-9-14-2-1-7-21-14)15-8-13-5-6-19(10-12-3-4-12)11-16(13)22-15/h1-2,7,12-13,15-16H,3-6,8-11H2,(H,18,20)/t13-,15-,16+/m0/s1. The number of ether oxygens (including phenoxy) is 1. The minimum absolute atomic E-state index is 0.000423. The van der Waals surface area contributed by atoms with E-state index in [0.29, 0.717) is 12.5 Å². The van der Waals surface area contributed by atoms with Gasteiger partial charge in [0.05, 0.1) is 18.9 Å². The van der Waals surface area contributed by atoms with Gasteiger partial charge >= 0.3 is 0 Å². The molecule has 0 spiro atoms. The van der Waals surface area contributed by atoms with E-state index in [0.717, 1.165) is 24.6 Å². The molecule has 1 aliphatic carbocycles. The zero-order valence-corrected chi connectivity index (χ0v) is 12.9. The lowest BCUT2D eigenvalue weighted by Crippen LogP contribution is -2.43. The van der Waals surface area contributed by atoms with Crippen LogP contribution in [0.1, 0.15) is 31.4 Å². The maximum atomic E-state index is 12.3. The van der Waals surface area contributed by atoms with Gasteiger partial charge in [-0.05, 0) is 56.2 Å². The number of piperidine rings is 1. The van der Waals surface area contributed by atoms with Crippen molar-refractivity contribution in [3.8, 4) is 0 Å². The summed E-state index contributed by atoms with van der Waals surface area (Å²) in [5, 5.41) is 2.92. The molecule has 3 fully saturated rings. The van der Waals surface area contributed by atoms with Crippen LogP contribution in [0.3, 0.4) is 0 Å². The molecule has 5 nitrogen and oxygen atoms in total. The quantitative estimate of drug-likeness (QED) is 0.901. The molecule has 1 N–H and O–H groups in total. The molecule has 2 aliphatic heterocycles. The second-order valence-corrected chi connectivity index (χ2v) is 6.95. The number of nitrogens with one attached hydrogen (secondary N) is 1. The number of nitrogens with zero attached hydrogens (tertiary/aromatic N) is 1. The highest BCUT2D eigenvalue weighted by Crippen LogP contribution is 2.36. The SMILES string of the molecule is O=C(NCc1ccco1)[C@@H]1C[C@@H]2CCN(CC3CC3)C[C@H]2O1. The minimum Gasteiger partial charge on any atom is -0.467 e. The fraction of sp³-hybridized carbons (Fsp3) is 0.706. The molecule has 0 bridgehead atoms. The normalized spacial score (nSPS) is 31.9. The number of fused-ring (bicyclic) bond motifs is 1. The smallest absolute Gasteiger partial charge is 0.249 e. The van der Waals surface area contributed by atoms with Gasteiger partial charge in [0.15, 0.2) is 0 Å². The molecule has 3 aliphatic rings. The van der Waals surface area contributed by atoms with Gasteiger partial charge in [0.25, 0.3) is 0 Å². The molecule has 1 saturated carbocycles. The summed E-state index contributed by atoms with van der Waals surface area (Å²) in [5.41, 5.74) is 0. The fourth-order valence-electron chi connectivity index (χ4n) is 3.70. The zero-order chi connectivity index (χ0) is 14.9. The van der Waals surface area contributed by atoms with Crippen LogP contribution in [0.15, 0.2) is 22.8 Å². The molecular weight excluding hydrogens is 280 g/mol. The van der Waals surface area contributed by atoms with Crippen molar-refractivity contribution in [3.63, 3.8) is 0 Å². The summed E-state index contributed by atoms with van der Waals surface area (Å²) in [6.07, 6.45) is 6.40. The molecule has 4 rings (SSSR count). The Morgan fingerprint density at radius 1 is 1.36 bits per heavy atom. The third-order valence-electron chi connectivity index (χ3n) is 5.16. The lowest BCUT2D eigenvalue weighted by atomic mass is 9.91. The van der Waals surface area contributed by atoms with E-state index < -0.39 is 0 Å². The Labute approximate surface area is 131 Å². The molecule has 2 saturated heterocycles. The molecular formula is C17H24N2O3. The minimum atomic E-state index is -0.286. The van der Waals surface area contributed by atoms with Gasteiger partial charge in [-0.15, -0.1) is 0 Å². The van der Waals surface area contributed by atoms with Crippen molar-refractivity contribution < 1.29 is 13.9 Å². The lowest BCUT2D eigenvalue weighted by Gasteiger charge is -2.34. The summed E-state index contributed by atoms with van der Waals surface area (Å²) in [4.78, 5) is 14.8. The maximum absolute atomic E-state index is 12.3. The average molecular weight is 304 g/mol. The number of carbonyl (C=O) groups excluding carboxylic acids is 1. The van der Waals surface area contributed by atoms with Gasteiger partial charge in [-0.25, -0.2) is 0 Å². The Balaban J connectivity index is 1.27. The molecule has 0 radical (unpaired) electrons. The van der Waals surface area contributed by atoms with Gasteiger partial charge < -0.3 is 19.4 Å². The molecule has 5 heteroatoms. The lowest BCUT2D eigenvalue weighted by molar-refractivity contribution is -0.133. The van der Waals surface area contributed by atoms with E-state index in [9.17, 15) is 4.79 Å². The van der Waals surface area contributed by atoms with Crippen molar-refractivity contribution in [1.29, 1.82) is 0 Å². The predicted octanol–water partition coefficient (Wildman–Crippen LogP) is 1.79. The number of hydrogen-bond donors (Lipinski definition) is 1. The molecule has 0 unspecified atom stereocenters. The van der Waals surface area contributed by atoms with Crippen LogP contribution in [0, 0.1) is 11.8 Å². The number of rotatable bonds is 5. The summed E-state index contributed by atoms with van der Waals surface area (Å²) in [6.45, 7) is 3.83. The Morgan fingerprint density at radius 3 is 3.05 bits per heavy atom. The van der Waals surface area contributed by atoms with E-state index in [-0.39, 0.29) is 18.1 Å². The molecule has 1 aromatic rings. The third-order valence-corrected chi connectivity index (χ3v) is 5.16. The number of amides is 1. The monoisotopic (exact) mass is 304 g/mol. The third kappa shape index (κ3) is 3.20. The highest BCUT2D eigenvalue weighted by molar-refractivity contribution is 5.81. The fourth-order valence-corrected chi connectivity index (χ4v) is 3.70. The van der Waals surface area contributed by atoms with E-state index >= 15 is 0 Å². The molecule has 1 aromatic heterocycles. The first-order chi connectivity index (χ1) is 10.8. The van der Waals surface area contributed by atoms with Crippen molar-refractivity contribution in [3.05, 3.63) is 24.2 Å². The van der Waals surface area contributed by atoms with E-state index in [1.807, 2.05) is 12.1 Å².